The molecule has 0 aromatic heterocycles. The summed E-state index contributed by atoms with van der Waals surface area (Å²) >= 11 is 0. The smallest absolute Gasteiger partial charge is 0.307 e. The molecule has 3 aromatic rings. The molecule has 0 heterocycles. The number of carboxylic acids is 1. The predicted octanol–water partition coefficient (Wildman–Crippen LogP) is 0.459. The number of carboxylic acid groups (broad SMARTS) is 1. The van der Waals surface area contributed by atoms with Crippen molar-refractivity contribution in [3.63, 3.8) is 0 Å². The van der Waals surface area contributed by atoms with Gasteiger partial charge in [-0.3, -0.25) is 4.79 Å². The van der Waals surface area contributed by atoms with Crippen molar-refractivity contribution in [2.75, 3.05) is 6.16 Å². The van der Waals surface area contributed by atoms with Gasteiger partial charge in [0.2, 0.25) is 0 Å². The Kier molecular flexibility index (Phi) is 6.75. The Morgan fingerprint density at radius 2 is 1.00 bits per heavy atom. The molecule has 0 saturated heterocycles. The lowest BCUT2D eigenvalue weighted by atomic mass is 10.4. The van der Waals surface area contributed by atoms with Gasteiger partial charge in [-0.05, 0) is 36.4 Å². The third kappa shape index (κ3) is 4.10. The molecule has 0 aliphatic rings. The minimum absolute atomic E-state index is 0. The Bertz CT molecular complexity index is 695. The molecule has 128 valence electrons. The first-order chi connectivity index (χ1) is 11.7. The number of carbonyl (C=O) groups is 1. The molecule has 4 heteroatoms. The van der Waals surface area contributed by atoms with Crippen LogP contribution in [0.2, 0.25) is 0 Å². The van der Waals surface area contributed by atoms with E-state index in [0.29, 0.717) is 6.16 Å². The third-order valence-electron chi connectivity index (χ3n) is 4.25. The van der Waals surface area contributed by atoms with Gasteiger partial charge in [0, 0.05) is 0 Å². The maximum Gasteiger partial charge on any atom is 0.307 e. The molecule has 0 saturated carbocycles. The second-order valence-corrected chi connectivity index (χ2v) is 9.30. The van der Waals surface area contributed by atoms with Crippen LogP contribution >= 0.6 is 7.26 Å². The Hall–Kier alpha value is -2.15. The fourth-order valence-corrected chi connectivity index (χ4v) is 7.38. The Morgan fingerprint density at radius 1 is 0.680 bits per heavy atom. The van der Waals surface area contributed by atoms with Crippen LogP contribution in [0.1, 0.15) is 6.42 Å². The molecule has 0 radical (unpaired) electrons. The second-order valence-electron chi connectivity index (χ2n) is 5.68. The molecule has 0 fully saturated rings. The summed E-state index contributed by atoms with van der Waals surface area (Å²) in [5, 5.41) is 13.0. The van der Waals surface area contributed by atoms with Crippen LogP contribution < -0.4 is 28.3 Å². The Morgan fingerprint density at radius 3 is 1.28 bits per heavy atom. The fourth-order valence-electron chi connectivity index (χ4n) is 3.15. The molecule has 0 bridgehead atoms. The average molecular weight is 371 g/mol. The summed E-state index contributed by atoms with van der Waals surface area (Å²) in [5.74, 6) is -0.748. The minimum atomic E-state index is -1.99. The number of halogens is 1. The van der Waals surface area contributed by atoms with Crippen LogP contribution in [0.5, 0.6) is 0 Å². The molecule has 0 spiro atoms. The maximum absolute atomic E-state index is 11.4. The maximum atomic E-state index is 11.4. The average Bonchev–Trinajstić information content (AvgIpc) is 2.65. The van der Waals surface area contributed by atoms with Crippen LogP contribution in [0.25, 0.3) is 0 Å². The summed E-state index contributed by atoms with van der Waals surface area (Å²) in [6.07, 6.45) is 0.785. The van der Waals surface area contributed by atoms with Crippen LogP contribution in [0.3, 0.4) is 0 Å². The monoisotopic (exact) mass is 370 g/mol. The van der Waals surface area contributed by atoms with Crippen molar-refractivity contribution in [1.82, 2.24) is 0 Å². The molecule has 0 atom stereocenters. The molecule has 25 heavy (non-hydrogen) atoms. The van der Waals surface area contributed by atoms with Gasteiger partial charge in [0.25, 0.3) is 0 Å². The number of hydrogen-bond donors (Lipinski definition) is 1. The number of hydrogen-bond acceptors (Lipinski definition) is 1. The van der Waals surface area contributed by atoms with E-state index < -0.39 is 13.2 Å². The third-order valence-corrected chi connectivity index (χ3v) is 8.69. The summed E-state index contributed by atoms with van der Waals surface area (Å²) in [6, 6.07) is 31.1. The first-order valence-corrected chi connectivity index (χ1v) is 9.97. The molecule has 0 amide bonds. The number of rotatable bonds is 6. The zero-order chi connectivity index (χ0) is 16.8. The molecule has 0 unspecified atom stereocenters. The normalized spacial score (nSPS) is 10.7. The SMILES string of the molecule is O=C(O)CC[P+](c1ccccc1)(c1ccccc1)c1ccccc1.[Cl-]. The second kappa shape index (κ2) is 8.80. The standard InChI is InChI=1S/C21H19O2P.ClH/c22-21(23)16-17-24(18-10-4-1-5-11-18,19-12-6-2-7-13-19)20-14-8-3-9-15-20;/h1-15H,16-17H2;1H. The molecular formula is C21H20ClO2P. The van der Waals surface area contributed by atoms with Crippen LogP contribution in [0.15, 0.2) is 91.0 Å². The van der Waals surface area contributed by atoms with E-state index in [1.165, 1.54) is 15.9 Å². The lowest BCUT2D eigenvalue weighted by Gasteiger charge is -2.27. The Balaban J connectivity index is 0.00000225. The summed E-state index contributed by atoms with van der Waals surface area (Å²) in [7, 11) is -1.99. The topological polar surface area (TPSA) is 37.3 Å². The van der Waals surface area contributed by atoms with Gasteiger partial charge in [0.15, 0.2) is 0 Å². The van der Waals surface area contributed by atoms with Crippen molar-refractivity contribution < 1.29 is 22.3 Å². The van der Waals surface area contributed by atoms with Gasteiger partial charge in [-0.2, -0.15) is 0 Å². The highest BCUT2D eigenvalue weighted by Gasteiger charge is 2.45. The van der Waals surface area contributed by atoms with Crippen LogP contribution in [-0.4, -0.2) is 17.2 Å². The van der Waals surface area contributed by atoms with E-state index >= 15 is 0 Å². The minimum Gasteiger partial charge on any atom is -1.00 e. The lowest BCUT2D eigenvalue weighted by molar-refractivity contribution is -0.136. The van der Waals surface area contributed by atoms with Crippen LogP contribution in [-0.2, 0) is 4.79 Å². The van der Waals surface area contributed by atoms with E-state index in [0.717, 1.165) is 0 Å². The van der Waals surface area contributed by atoms with Crippen molar-refractivity contribution in [1.29, 1.82) is 0 Å². The molecular weight excluding hydrogens is 351 g/mol. The first kappa shape index (κ1) is 19.2. The predicted molar refractivity (Wildman–Crippen MR) is 102 cm³/mol. The summed E-state index contributed by atoms with van der Waals surface area (Å²) in [5.41, 5.74) is 0. The van der Waals surface area contributed by atoms with Gasteiger partial charge < -0.3 is 17.5 Å². The van der Waals surface area contributed by atoms with Gasteiger partial charge >= 0.3 is 5.97 Å². The van der Waals surface area contributed by atoms with Crippen LogP contribution in [0.4, 0.5) is 0 Å². The molecule has 3 aromatic carbocycles. The summed E-state index contributed by atoms with van der Waals surface area (Å²) in [4.78, 5) is 11.4. The first-order valence-electron chi connectivity index (χ1n) is 8.00. The van der Waals surface area contributed by atoms with Gasteiger partial charge in [-0.15, -0.1) is 0 Å². The van der Waals surface area contributed by atoms with E-state index in [9.17, 15) is 9.90 Å². The van der Waals surface area contributed by atoms with Crippen molar-refractivity contribution in [2.45, 2.75) is 6.42 Å². The van der Waals surface area contributed by atoms with Crippen LogP contribution in [0, 0.1) is 0 Å². The number of benzene rings is 3. The highest BCUT2D eigenvalue weighted by molar-refractivity contribution is 7.95. The van der Waals surface area contributed by atoms with E-state index in [-0.39, 0.29) is 18.8 Å². The lowest BCUT2D eigenvalue weighted by Crippen LogP contribution is -3.00. The van der Waals surface area contributed by atoms with E-state index in [1.54, 1.807) is 0 Å². The molecule has 3 rings (SSSR count). The molecule has 2 nitrogen and oxygen atoms in total. The van der Waals surface area contributed by atoms with E-state index in [4.69, 9.17) is 0 Å². The van der Waals surface area contributed by atoms with E-state index in [1.807, 2.05) is 54.6 Å². The number of aliphatic carboxylic acids is 1. The zero-order valence-electron chi connectivity index (χ0n) is 13.8. The Labute approximate surface area is 155 Å². The van der Waals surface area contributed by atoms with Crippen molar-refractivity contribution in [3.05, 3.63) is 91.0 Å². The van der Waals surface area contributed by atoms with Gasteiger partial charge in [-0.1, -0.05) is 54.6 Å². The van der Waals surface area contributed by atoms with Gasteiger partial charge in [-0.25, -0.2) is 0 Å². The summed E-state index contributed by atoms with van der Waals surface area (Å²) < 4.78 is 0. The van der Waals surface area contributed by atoms with Crippen molar-refractivity contribution in [3.8, 4) is 0 Å². The van der Waals surface area contributed by atoms with Crippen molar-refractivity contribution >= 4 is 29.1 Å². The molecule has 0 aliphatic carbocycles. The fraction of sp³-hybridized carbons (Fsp3) is 0.0952. The zero-order valence-corrected chi connectivity index (χ0v) is 15.4. The quantitative estimate of drug-likeness (QED) is 0.640. The van der Waals surface area contributed by atoms with Gasteiger partial charge in [0.05, 0.1) is 12.6 Å². The largest absolute Gasteiger partial charge is 1.00 e. The van der Waals surface area contributed by atoms with Gasteiger partial charge in [0.1, 0.15) is 23.2 Å². The van der Waals surface area contributed by atoms with E-state index in [2.05, 4.69) is 36.4 Å². The molecule has 0 aliphatic heterocycles. The highest BCUT2D eigenvalue weighted by atomic mass is 35.5. The summed E-state index contributed by atoms with van der Waals surface area (Å²) in [6.45, 7) is 0. The highest BCUT2D eigenvalue weighted by Crippen LogP contribution is 2.55. The van der Waals surface area contributed by atoms with Crippen molar-refractivity contribution in [2.24, 2.45) is 0 Å². The molecule has 1 N–H and O–H groups in total.